The second-order valence-corrected chi connectivity index (χ2v) is 5.51. The first-order chi connectivity index (χ1) is 8.61. The van der Waals surface area contributed by atoms with E-state index in [1.54, 1.807) is 6.07 Å². The van der Waals surface area contributed by atoms with Crippen LogP contribution in [-0.2, 0) is 0 Å². The maximum atomic E-state index is 13.3. The molecule has 0 saturated carbocycles. The Hall–Kier alpha value is -1.13. The smallest absolute Gasteiger partial charge is 0.127 e. The molecule has 18 heavy (non-hydrogen) atoms. The van der Waals surface area contributed by atoms with Crippen LogP contribution in [0.5, 0.6) is 5.75 Å². The van der Waals surface area contributed by atoms with Crippen LogP contribution < -0.4 is 15.8 Å². The van der Waals surface area contributed by atoms with Crippen molar-refractivity contribution in [3.8, 4) is 5.75 Å². The van der Waals surface area contributed by atoms with Crippen molar-refractivity contribution in [2.24, 2.45) is 11.7 Å². The summed E-state index contributed by atoms with van der Waals surface area (Å²) in [4.78, 5) is 0. The minimum absolute atomic E-state index is 0.0603. The van der Waals surface area contributed by atoms with Gasteiger partial charge in [0.25, 0.3) is 0 Å². The van der Waals surface area contributed by atoms with Crippen LogP contribution in [0.2, 0.25) is 0 Å². The largest absolute Gasteiger partial charge is 0.486 e. The van der Waals surface area contributed by atoms with Crippen LogP contribution in [-0.4, -0.2) is 18.7 Å². The lowest BCUT2D eigenvalue weighted by molar-refractivity contribution is -0.0337. The number of piperidine rings is 1. The Bertz CT molecular complexity index is 465. The normalized spacial score (nSPS) is 35.1. The average Bonchev–Trinajstić information content (AvgIpc) is 2.32. The van der Waals surface area contributed by atoms with E-state index in [0.717, 1.165) is 31.5 Å². The van der Waals surface area contributed by atoms with E-state index in [4.69, 9.17) is 10.5 Å². The van der Waals surface area contributed by atoms with Crippen molar-refractivity contribution in [3.63, 3.8) is 0 Å². The summed E-state index contributed by atoms with van der Waals surface area (Å²) in [6.07, 6.45) is 1.74. The third-order valence-electron chi connectivity index (χ3n) is 4.33. The van der Waals surface area contributed by atoms with E-state index >= 15 is 0 Å². The molecule has 0 aliphatic carbocycles. The van der Waals surface area contributed by atoms with Gasteiger partial charge < -0.3 is 15.8 Å². The lowest BCUT2D eigenvalue weighted by atomic mass is 9.75. The van der Waals surface area contributed by atoms with Gasteiger partial charge in [-0.2, -0.15) is 0 Å². The first-order valence-corrected chi connectivity index (χ1v) is 6.55. The van der Waals surface area contributed by atoms with Gasteiger partial charge in [-0.1, -0.05) is 13.0 Å². The molecular formula is C14H19FN2O. The highest BCUT2D eigenvalue weighted by atomic mass is 19.1. The van der Waals surface area contributed by atoms with Gasteiger partial charge in [-0.15, -0.1) is 0 Å². The molecule has 3 nitrogen and oxygen atoms in total. The predicted molar refractivity (Wildman–Crippen MR) is 68.0 cm³/mol. The van der Waals surface area contributed by atoms with E-state index in [1.165, 1.54) is 12.1 Å². The van der Waals surface area contributed by atoms with Crippen LogP contribution in [0, 0.1) is 11.7 Å². The van der Waals surface area contributed by atoms with Gasteiger partial charge in [0.1, 0.15) is 17.2 Å². The highest BCUT2D eigenvalue weighted by molar-refractivity contribution is 5.39. The fourth-order valence-corrected chi connectivity index (χ4v) is 3.15. The Balaban J connectivity index is 1.99. The molecule has 1 fully saturated rings. The van der Waals surface area contributed by atoms with Gasteiger partial charge in [0, 0.05) is 36.6 Å². The fourth-order valence-electron chi connectivity index (χ4n) is 3.15. The van der Waals surface area contributed by atoms with Crippen LogP contribution in [0.15, 0.2) is 18.2 Å². The molecule has 0 amide bonds. The molecule has 1 aromatic carbocycles. The molecule has 1 saturated heterocycles. The fraction of sp³-hybridized carbons (Fsp3) is 0.571. The third kappa shape index (κ3) is 1.80. The standard InChI is InChI=1S/C14H19FN2O/c1-9-8-17-5-4-14(9)7-12(16)11-3-2-10(15)6-13(11)18-14/h2-3,6,9,12,17H,4-5,7-8,16H2,1H3/t9?,12-,14?/m0/s1. The molecule has 1 aromatic rings. The quantitative estimate of drug-likeness (QED) is 0.740. The van der Waals surface area contributed by atoms with Crippen LogP contribution >= 0.6 is 0 Å². The zero-order valence-corrected chi connectivity index (χ0v) is 10.6. The van der Waals surface area contributed by atoms with Crippen molar-refractivity contribution in [1.82, 2.24) is 5.32 Å². The third-order valence-corrected chi connectivity index (χ3v) is 4.33. The maximum absolute atomic E-state index is 13.3. The summed E-state index contributed by atoms with van der Waals surface area (Å²) in [6, 6.07) is 4.60. The molecule has 3 atom stereocenters. The van der Waals surface area contributed by atoms with E-state index in [1.807, 2.05) is 0 Å². The first-order valence-electron chi connectivity index (χ1n) is 6.55. The first kappa shape index (κ1) is 11.9. The Labute approximate surface area is 107 Å². The molecule has 2 aliphatic rings. The number of benzene rings is 1. The van der Waals surface area contributed by atoms with Gasteiger partial charge in [-0.25, -0.2) is 4.39 Å². The molecule has 1 spiro atoms. The second-order valence-electron chi connectivity index (χ2n) is 5.51. The molecule has 0 radical (unpaired) electrons. The van der Waals surface area contributed by atoms with Crippen molar-refractivity contribution in [3.05, 3.63) is 29.6 Å². The van der Waals surface area contributed by atoms with E-state index < -0.39 is 0 Å². The second kappa shape index (κ2) is 4.21. The number of nitrogens with one attached hydrogen (secondary N) is 1. The van der Waals surface area contributed by atoms with E-state index in [0.29, 0.717) is 11.7 Å². The highest BCUT2D eigenvalue weighted by Gasteiger charge is 2.45. The summed E-state index contributed by atoms with van der Waals surface area (Å²) >= 11 is 0. The molecule has 0 bridgehead atoms. The minimum Gasteiger partial charge on any atom is -0.486 e. The van der Waals surface area contributed by atoms with Crippen molar-refractivity contribution in [2.45, 2.75) is 31.4 Å². The average molecular weight is 250 g/mol. The molecule has 3 rings (SSSR count). The molecule has 4 heteroatoms. The predicted octanol–water partition coefficient (Wildman–Crippen LogP) is 1.98. The zero-order chi connectivity index (χ0) is 12.8. The van der Waals surface area contributed by atoms with E-state index in [-0.39, 0.29) is 17.5 Å². The van der Waals surface area contributed by atoms with Crippen LogP contribution in [0.1, 0.15) is 31.4 Å². The number of hydrogen-bond acceptors (Lipinski definition) is 3. The van der Waals surface area contributed by atoms with Gasteiger partial charge in [-0.3, -0.25) is 0 Å². The van der Waals surface area contributed by atoms with Gasteiger partial charge in [-0.05, 0) is 19.0 Å². The number of halogens is 1. The van der Waals surface area contributed by atoms with Gasteiger partial charge >= 0.3 is 0 Å². The van der Waals surface area contributed by atoms with Crippen molar-refractivity contribution in [2.75, 3.05) is 13.1 Å². The maximum Gasteiger partial charge on any atom is 0.127 e. The Morgan fingerprint density at radius 2 is 2.33 bits per heavy atom. The Morgan fingerprint density at radius 1 is 1.50 bits per heavy atom. The number of rotatable bonds is 0. The molecule has 2 heterocycles. The lowest BCUT2D eigenvalue weighted by Crippen LogP contribution is -2.55. The monoisotopic (exact) mass is 250 g/mol. The summed E-state index contributed by atoms with van der Waals surface area (Å²) in [5.74, 6) is 0.746. The van der Waals surface area contributed by atoms with Crippen LogP contribution in [0.4, 0.5) is 4.39 Å². The molecule has 2 unspecified atom stereocenters. The summed E-state index contributed by atoms with van der Waals surface area (Å²) in [7, 11) is 0. The van der Waals surface area contributed by atoms with Gasteiger partial charge in [0.05, 0.1) is 0 Å². The molecular weight excluding hydrogens is 231 g/mol. The summed E-state index contributed by atoms with van der Waals surface area (Å²) < 4.78 is 19.5. The number of nitrogens with two attached hydrogens (primary N) is 1. The number of hydrogen-bond donors (Lipinski definition) is 2. The summed E-state index contributed by atoms with van der Waals surface area (Å²) in [5.41, 5.74) is 6.93. The Morgan fingerprint density at radius 3 is 3.11 bits per heavy atom. The SMILES string of the molecule is CC1CNCCC12C[C@H](N)c1ccc(F)cc1O2. The van der Waals surface area contributed by atoms with Gasteiger partial charge in [0.2, 0.25) is 0 Å². The number of ether oxygens (including phenoxy) is 1. The van der Waals surface area contributed by atoms with Crippen molar-refractivity contribution >= 4 is 0 Å². The Kier molecular flexibility index (Phi) is 2.79. The van der Waals surface area contributed by atoms with Gasteiger partial charge in [0.15, 0.2) is 0 Å². The van der Waals surface area contributed by atoms with Crippen molar-refractivity contribution < 1.29 is 9.13 Å². The van der Waals surface area contributed by atoms with Crippen molar-refractivity contribution in [1.29, 1.82) is 0 Å². The molecule has 0 aromatic heterocycles. The van der Waals surface area contributed by atoms with Crippen LogP contribution in [0.3, 0.4) is 0 Å². The zero-order valence-electron chi connectivity index (χ0n) is 10.6. The number of fused-ring (bicyclic) bond motifs is 1. The topological polar surface area (TPSA) is 47.3 Å². The summed E-state index contributed by atoms with van der Waals surface area (Å²) in [6.45, 7) is 4.03. The van der Waals surface area contributed by atoms with E-state index in [2.05, 4.69) is 12.2 Å². The minimum atomic E-state index is -0.264. The molecule has 2 aliphatic heterocycles. The lowest BCUT2D eigenvalue weighted by Gasteiger charge is -2.47. The molecule has 98 valence electrons. The molecule has 3 N–H and O–H groups in total. The summed E-state index contributed by atoms with van der Waals surface area (Å²) in [5, 5.41) is 3.36. The van der Waals surface area contributed by atoms with Crippen LogP contribution in [0.25, 0.3) is 0 Å². The highest BCUT2D eigenvalue weighted by Crippen LogP contribution is 2.44. The van der Waals surface area contributed by atoms with E-state index in [9.17, 15) is 4.39 Å².